The average Bonchev–Trinajstić information content (AvgIpc) is 2.76. The van der Waals surface area contributed by atoms with E-state index in [1.54, 1.807) is 6.08 Å². The van der Waals surface area contributed by atoms with Gasteiger partial charge in [-0.25, -0.2) is 0 Å². The molecule has 0 bridgehead atoms. The summed E-state index contributed by atoms with van der Waals surface area (Å²) in [5, 5.41) is 8.70. The maximum atomic E-state index is 8.70. The van der Waals surface area contributed by atoms with Gasteiger partial charge in [0.2, 0.25) is 0 Å². The predicted octanol–water partition coefficient (Wildman–Crippen LogP) is 7.65. The smallest absolute Gasteiger partial charge is 0.0908 e. The second-order valence-corrected chi connectivity index (χ2v) is 9.36. The van der Waals surface area contributed by atoms with E-state index in [2.05, 4.69) is 43.3 Å². The van der Waals surface area contributed by atoms with Crippen LogP contribution >= 0.6 is 0 Å². The van der Waals surface area contributed by atoms with Gasteiger partial charge < -0.3 is 0 Å². The van der Waals surface area contributed by atoms with Crippen molar-refractivity contribution in [1.29, 1.82) is 5.26 Å². The Morgan fingerprint density at radius 3 is 2.07 bits per heavy atom. The van der Waals surface area contributed by atoms with Gasteiger partial charge in [0, 0.05) is 6.08 Å². The number of aryl methyl sites for hydroxylation is 2. The molecule has 2 saturated carbocycles. The Kier molecular flexibility index (Phi) is 8.66. The Labute approximate surface area is 173 Å². The topological polar surface area (TPSA) is 23.8 Å². The molecule has 2 aliphatic rings. The maximum absolute atomic E-state index is 8.70. The molecule has 1 aromatic rings. The molecule has 2 aliphatic carbocycles. The monoisotopic (exact) mass is 377 g/mol. The van der Waals surface area contributed by atoms with Gasteiger partial charge in [-0.15, -0.1) is 0 Å². The number of unbranched alkanes of at least 4 members (excludes halogenated alkanes) is 1. The summed E-state index contributed by atoms with van der Waals surface area (Å²) in [7, 11) is 0. The van der Waals surface area contributed by atoms with E-state index in [-0.39, 0.29) is 0 Å². The number of nitriles is 1. The number of rotatable bonds is 8. The van der Waals surface area contributed by atoms with Gasteiger partial charge in [0.15, 0.2) is 0 Å². The van der Waals surface area contributed by atoms with Gasteiger partial charge in [-0.05, 0) is 92.6 Å². The van der Waals surface area contributed by atoms with Gasteiger partial charge in [0.05, 0.1) is 6.07 Å². The van der Waals surface area contributed by atoms with E-state index >= 15 is 0 Å². The highest BCUT2D eigenvalue weighted by Gasteiger charge is 2.30. The van der Waals surface area contributed by atoms with E-state index in [1.807, 2.05) is 0 Å². The summed E-state index contributed by atoms with van der Waals surface area (Å²) in [6.45, 7) is 2.23. The summed E-state index contributed by atoms with van der Waals surface area (Å²) in [6.07, 6.45) is 21.8. The van der Waals surface area contributed by atoms with Crippen LogP contribution in [0.1, 0.15) is 88.7 Å². The van der Waals surface area contributed by atoms with Crippen LogP contribution in [0.5, 0.6) is 0 Å². The fourth-order valence-electron chi connectivity index (χ4n) is 5.64. The Hall–Kier alpha value is -1.55. The molecule has 1 nitrogen and oxygen atoms in total. The van der Waals surface area contributed by atoms with Crippen LogP contribution in [0, 0.1) is 35.0 Å². The van der Waals surface area contributed by atoms with Gasteiger partial charge in [0.1, 0.15) is 0 Å². The minimum absolute atomic E-state index is 0.672. The molecule has 0 saturated heterocycles. The third-order valence-electron chi connectivity index (χ3n) is 7.58. The molecular formula is C27H39N. The van der Waals surface area contributed by atoms with Crippen LogP contribution in [0.2, 0.25) is 0 Å². The normalized spacial score (nSPS) is 28.3. The SMILES string of the molecule is CCc1ccc(CCCCC2CCC(C3CCC(/C=C/C#N)CC3)CC2)cc1. The van der Waals surface area contributed by atoms with Crippen LogP contribution in [0.3, 0.4) is 0 Å². The highest BCUT2D eigenvalue weighted by atomic mass is 14.4. The lowest BCUT2D eigenvalue weighted by Crippen LogP contribution is -2.25. The van der Waals surface area contributed by atoms with E-state index in [4.69, 9.17) is 5.26 Å². The molecule has 0 unspecified atom stereocenters. The summed E-state index contributed by atoms with van der Waals surface area (Å²) in [6, 6.07) is 11.4. The van der Waals surface area contributed by atoms with Crippen molar-refractivity contribution in [2.75, 3.05) is 0 Å². The number of hydrogen-bond acceptors (Lipinski definition) is 1. The molecule has 0 aromatic heterocycles. The lowest BCUT2D eigenvalue weighted by Gasteiger charge is -2.37. The van der Waals surface area contributed by atoms with Crippen molar-refractivity contribution in [3.8, 4) is 6.07 Å². The fourth-order valence-corrected chi connectivity index (χ4v) is 5.64. The second kappa shape index (κ2) is 11.5. The largest absolute Gasteiger partial charge is 0.193 e. The average molecular weight is 378 g/mol. The maximum Gasteiger partial charge on any atom is 0.0908 e. The first-order valence-corrected chi connectivity index (χ1v) is 11.9. The number of hydrogen-bond donors (Lipinski definition) is 0. The van der Waals surface area contributed by atoms with Gasteiger partial charge in [-0.1, -0.05) is 62.9 Å². The summed E-state index contributed by atoms with van der Waals surface area (Å²) in [4.78, 5) is 0. The van der Waals surface area contributed by atoms with Crippen molar-refractivity contribution in [2.24, 2.45) is 23.7 Å². The zero-order chi connectivity index (χ0) is 19.6. The van der Waals surface area contributed by atoms with Crippen LogP contribution < -0.4 is 0 Å². The van der Waals surface area contributed by atoms with Crippen molar-refractivity contribution in [2.45, 2.75) is 90.4 Å². The molecule has 0 amide bonds. The molecule has 28 heavy (non-hydrogen) atoms. The summed E-state index contributed by atoms with van der Waals surface area (Å²) in [5.74, 6) is 3.63. The van der Waals surface area contributed by atoms with Crippen LogP contribution in [-0.4, -0.2) is 0 Å². The molecule has 1 heteroatoms. The molecule has 0 radical (unpaired) electrons. The van der Waals surface area contributed by atoms with Crippen molar-refractivity contribution in [3.05, 3.63) is 47.5 Å². The highest BCUT2D eigenvalue weighted by molar-refractivity contribution is 5.22. The van der Waals surface area contributed by atoms with Crippen molar-refractivity contribution >= 4 is 0 Å². The van der Waals surface area contributed by atoms with E-state index in [0.717, 1.165) is 24.2 Å². The highest BCUT2D eigenvalue weighted by Crippen LogP contribution is 2.42. The molecule has 0 aliphatic heterocycles. The van der Waals surface area contributed by atoms with Gasteiger partial charge in [-0.3, -0.25) is 0 Å². The second-order valence-electron chi connectivity index (χ2n) is 9.36. The lowest BCUT2D eigenvalue weighted by atomic mass is 9.68. The Balaban J connectivity index is 1.28. The van der Waals surface area contributed by atoms with Crippen molar-refractivity contribution in [3.63, 3.8) is 0 Å². The standard InChI is InChI=1S/C27H39N/c1-2-22-9-11-23(12-10-22)6-3-4-7-24-13-17-26(18-14-24)27-19-15-25(16-20-27)8-5-21-28/h5,8-12,24-27H,2-4,6-7,13-20H2,1H3/b8-5+. The van der Waals surface area contributed by atoms with Crippen LogP contribution in [0.25, 0.3) is 0 Å². The molecule has 2 fully saturated rings. The minimum atomic E-state index is 0.672. The molecule has 0 atom stereocenters. The third kappa shape index (κ3) is 6.51. The summed E-state index contributed by atoms with van der Waals surface area (Å²) in [5.41, 5.74) is 2.97. The Morgan fingerprint density at radius 2 is 1.46 bits per heavy atom. The van der Waals surface area contributed by atoms with Crippen molar-refractivity contribution in [1.82, 2.24) is 0 Å². The molecule has 0 N–H and O–H groups in total. The molecule has 152 valence electrons. The van der Waals surface area contributed by atoms with E-state index in [9.17, 15) is 0 Å². The molecule has 0 spiro atoms. The molecular weight excluding hydrogens is 338 g/mol. The third-order valence-corrected chi connectivity index (χ3v) is 7.58. The van der Waals surface area contributed by atoms with Gasteiger partial charge in [0.25, 0.3) is 0 Å². The fraction of sp³-hybridized carbons (Fsp3) is 0.667. The number of benzene rings is 1. The lowest BCUT2D eigenvalue weighted by molar-refractivity contribution is 0.151. The Morgan fingerprint density at radius 1 is 0.857 bits per heavy atom. The molecule has 1 aromatic carbocycles. The van der Waals surface area contributed by atoms with Crippen LogP contribution in [0.4, 0.5) is 0 Å². The quantitative estimate of drug-likeness (QED) is 0.337. The Bertz CT molecular complexity index is 619. The number of nitrogens with zero attached hydrogens (tertiary/aromatic N) is 1. The predicted molar refractivity (Wildman–Crippen MR) is 119 cm³/mol. The number of allylic oxidation sites excluding steroid dienone is 2. The zero-order valence-corrected chi connectivity index (χ0v) is 17.9. The molecule has 3 rings (SSSR count). The first-order valence-electron chi connectivity index (χ1n) is 11.9. The van der Waals surface area contributed by atoms with Crippen LogP contribution in [-0.2, 0) is 12.8 Å². The van der Waals surface area contributed by atoms with E-state index < -0.39 is 0 Å². The summed E-state index contributed by atoms with van der Waals surface area (Å²) < 4.78 is 0. The van der Waals surface area contributed by atoms with Crippen LogP contribution in [0.15, 0.2) is 36.4 Å². The van der Waals surface area contributed by atoms with Gasteiger partial charge >= 0.3 is 0 Å². The first kappa shape index (κ1) is 21.2. The van der Waals surface area contributed by atoms with Crippen molar-refractivity contribution < 1.29 is 0 Å². The molecule has 0 heterocycles. The van der Waals surface area contributed by atoms with Gasteiger partial charge in [-0.2, -0.15) is 5.26 Å². The minimum Gasteiger partial charge on any atom is -0.193 e. The van der Waals surface area contributed by atoms with E-state index in [1.165, 1.54) is 88.2 Å². The summed E-state index contributed by atoms with van der Waals surface area (Å²) >= 11 is 0. The zero-order valence-electron chi connectivity index (χ0n) is 17.9. The first-order chi connectivity index (χ1) is 13.8. The van der Waals surface area contributed by atoms with E-state index in [0.29, 0.717) is 5.92 Å².